The summed E-state index contributed by atoms with van der Waals surface area (Å²) in [4.78, 5) is 22.1. The quantitative estimate of drug-likeness (QED) is 0.271. The fourth-order valence-electron chi connectivity index (χ4n) is 0.930. The van der Waals surface area contributed by atoms with Gasteiger partial charge in [0.05, 0.1) is 19.6 Å². The van der Waals surface area contributed by atoms with Crippen molar-refractivity contribution in [2.75, 3.05) is 26.4 Å². The maximum absolute atomic E-state index is 11.1. The van der Waals surface area contributed by atoms with Gasteiger partial charge in [-0.05, 0) is 13.8 Å². The highest BCUT2D eigenvalue weighted by molar-refractivity contribution is 5.86. The predicted octanol–water partition coefficient (Wildman–Crippen LogP) is 1.63. The van der Waals surface area contributed by atoms with Crippen molar-refractivity contribution in [3.63, 3.8) is 0 Å². The lowest BCUT2D eigenvalue weighted by Gasteiger charge is -2.07. The summed E-state index contributed by atoms with van der Waals surface area (Å²) in [5.74, 6) is -0.758. The number of carbonyl (C=O) groups is 2. The molecule has 0 rings (SSSR count). The number of ether oxygens (including phenoxy) is 3. The molecule has 0 aromatic carbocycles. The van der Waals surface area contributed by atoms with Crippen LogP contribution in [-0.2, 0) is 23.8 Å². The molecule has 0 aromatic heterocycles. The van der Waals surface area contributed by atoms with E-state index < -0.39 is 5.97 Å². The van der Waals surface area contributed by atoms with Gasteiger partial charge >= 0.3 is 11.9 Å². The van der Waals surface area contributed by atoms with E-state index in [4.69, 9.17) is 14.2 Å². The zero-order chi connectivity index (χ0) is 14.0. The van der Waals surface area contributed by atoms with Gasteiger partial charge in [0.2, 0.25) is 0 Å². The Morgan fingerprint density at radius 2 is 1.50 bits per heavy atom. The Morgan fingerprint density at radius 3 is 2.00 bits per heavy atom. The zero-order valence-electron chi connectivity index (χ0n) is 11.0. The van der Waals surface area contributed by atoms with Crippen LogP contribution < -0.4 is 0 Å². The first kappa shape index (κ1) is 16.4. The third-order valence-corrected chi connectivity index (χ3v) is 1.75. The fourth-order valence-corrected chi connectivity index (χ4v) is 0.930. The number of esters is 2. The van der Waals surface area contributed by atoms with Crippen molar-refractivity contribution in [2.45, 2.75) is 20.3 Å². The lowest BCUT2D eigenvalue weighted by atomic mass is 10.2. The van der Waals surface area contributed by atoms with E-state index in [0.29, 0.717) is 5.57 Å². The van der Waals surface area contributed by atoms with E-state index in [-0.39, 0.29) is 38.8 Å². The maximum Gasteiger partial charge on any atom is 0.333 e. The Kier molecular flexibility index (Phi) is 8.57. The summed E-state index contributed by atoms with van der Waals surface area (Å²) in [5.41, 5.74) is 1.11. The van der Waals surface area contributed by atoms with Crippen molar-refractivity contribution in [3.8, 4) is 0 Å². The molecule has 0 radical (unpaired) electrons. The van der Waals surface area contributed by atoms with Gasteiger partial charge in [-0.1, -0.05) is 18.7 Å². The topological polar surface area (TPSA) is 61.8 Å². The third kappa shape index (κ3) is 9.59. The molecule has 0 spiro atoms. The summed E-state index contributed by atoms with van der Waals surface area (Å²) in [6.07, 6.45) is 0.218. The first-order chi connectivity index (χ1) is 8.43. The van der Waals surface area contributed by atoms with Crippen molar-refractivity contribution >= 4 is 11.9 Å². The van der Waals surface area contributed by atoms with Crippen LogP contribution in [0.25, 0.3) is 0 Å². The SMILES string of the molecule is C=C(C)CC(=O)OCCOCCOC(=O)C(=C)C. The van der Waals surface area contributed by atoms with Crippen molar-refractivity contribution in [3.05, 3.63) is 24.3 Å². The van der Waals surface area contributed by atoms with Crippen molar-refractivity contribution in [2.24, 2.45) is 0 Å². The molecule has 0 aliphatic heterocycles. The van der Waals surface area contributed by atoms with E-state index in [1.165, 1.54) is 0 Å². The molecule has 0 amide bonds. The maximum atomic E-state index is 11.1. The van der Waals surface area contributed by atoms with Gasteiger partial charge in [0, 0.05) is 5.57 Å². The highest BCUT2D eigenvalue weighted by Gasteiger charge is 2.03. The largest absolute Gasteiger partial charge is 0.463 e. The van der Waals surface area contributed by atoms with E-state index in [2.05, 4.69) is 13.2 Å². The molecule has 18 heavy (non-hydrogen) atoms. The van der Waals surface area contributed by atoms with E-state index >= 15 is 0 Å². The molecule has 0 unspecified atom stereocenters. The van der Waals surface area contributed by atoms with Gasteiger partial charge in [-0.2, -0.15) is 0 Å². The van der Waals surface area contributed by atoms with Gasteiger partial charge in [0.25, 0.3) is 0 Å². The summed E-state index contributed by atoms with van der Waals surface area (Å²) in [6, 6.07) is 0. The minimum absolute atomic E-state index is 0.158. The summed E-state index contributed by atoms with van der Waals surface area (Å²) in [6.45, 7) is 11.3. The first-order valence-electron chi connectivity index (χ1n) is 5.64. The van der Waals surface area contributed by atoms with Crippen LogP contribution in [-0.4, -0.2) is 38.4 Å². The molecule has 0 saturated heterocycles. The standard InChI is InChI=1S/C13H20O5/c1-10(2)9-12(14)17-7-5-16-6-8-18-13(15)11(3)4/h1,3,5-9H2,2,4H3. The Balaban J connectivity index is 3.36. The van der Waals surface area contributed by atoms with Crippen molar-refractivity contribution in [1.82, 2.24) is 0 Å². The van der Waals surface area contributed by atoms with E-state index in [1.54, 1.807) is 13.8 Å². The molecule has 0 atom stereocenters. The number of rotatable bonds is 9. The van der Waals surface area contributed by atoms with Crippen LogP contribution in [0.2, 0.25) is 0 Å². The minimum Gasteiger partial charge on any atom is -0.463 e. The molecule has 102 valence electrons. The molecule has 0 aliphatic rings. The second kappa shape index (κ2) is 9.41. The van der Waals surface area contributed by atoms with Crippen LogP contribution >= 0.6 is 0 Å². The number of hydrogen-bond acceptors (Lipinski definition) is 5. The highest BCUT2D eigenvalue weighted by atomic mass is 16.6. The van der Waals surface area contributed by atoms with Crippen LogP contribution in [0.1, 0.15) is 20.3 Å². The normalized spacial score (nSPS) is 9.67. The lowest BCUT2D eigenvalue weighted by molar-refractivity contribution is -0.144. The van der Waals surface area contributed by atoms with Crippen LogP contribution in [0.4, 0.5) is 0 Å². The molecule has 0 aliphatic carbocycles. The Hall–Kier alpha value is -1.62. The number of hydrogen-bond donors (Lipinski definition) is 0. The third-order valence-electron chi connectivity index (χ3n) is 1.75. The Bertz CT molecular complexity index is 319. The zero-order valence-corrected chi connectivity index (χ0v) is 11.0. The van der Waals surface area contributed by atoms with Gasteiger partial charge in [-0.25, -0.2) is 4.79 Å². The monoisotopic (exact) mass is 256 g/mol. The van der Waals surface area contributed by atoms with E-state index in [1.807, 2.05) is 0 Å². The average Bonchev–Trinajstić information content (AvgIpc) is 2.26. The van der Waals surface area contributed by atoms with Crippen LogP contribution in [0.15, 0.2) is 24.3 Å². The molecule has 0 N–H and O–H groups in total. The van der Waals surface area contributed by atoms with Gasteiger partial charge in [-0.15, -0.1) is 0 Å². The Labute approximate surface area is 107 Å². The molecule has 0 fully saturated rings. The van der Waals surface area contributed by atoms with Crippen LogP contribution in [0.5, 0.6) is 0 Å². The molecule has 5 nitrogen and oxygen atoms in total. The van der Waals surface area contributed by atoms with Crippen LogP contribution in [0.3, 0.4) is 0 Å². The molecule has 0 heterocycles. The highest BCUT2D eigenvalue weighted by Crippen LogP contribution is 1.97. The second-order valence-electron chi connectivity index (χ2n) is 3.88. The molecule has 0 aromatic rings. The lowest BCUT2D eigenvalue weighted by Crippen LogP contribution is -2.14. The van der Waals surface area contributed by atoms with Crippen LogP contribution in [0, 0.1) is 0 Å². The predicted molar refractivity (Wildman–Crippen MR) is 67.0 cm³/mol. The van der Waals surface area contributed by atoms with Gasteiger partial charge < -0.3 is 14.2 Å². The molecular weight excluding hydrogens is 236 g/mol. The molecule has 0 bridgehead atoms. The van der Waals surface area contributed by atoms with E-state index in [9.17, 15) is 9.59 Å². The van der Waals surface area contributed by atoms with Gasteiger partial charge in [0.1, 0.15) is 13.2 Å². The minimum atomic E-state index is -0.438. The average molecular weight is 256 g/mol. The Morgan fingerprint density at radius 1 is 0.944 bits per heavy atom. The summed E-state index contributed by atoms with van der Waals surface area (Å²) in [7, 11) is 0. The number of carbonyl (C=O) groups excluding carboxylic acids is 2. The van der Waals surface area contributed by atoms with Gasteiger partial charge in [0.15, 0.2) is 0 Å². The summed E-state index contributed by atoms with van der Waals surface area (Å²) in [5, 5.41) is 0. The van der Waals surface area contributed by atoms with Gasteiger partial charge in [-0.3, -0.25) is 4.79 Å². The molecule has 0 saturated carbocycles. The van der Waals surface area contributed by atoms with Crippen molar-refractivity contribution in [1.29, 1.82) is 0 Å². The second-order valence-corrected chi connectivity index (χ2v) is 3.88. The molecular formula is C13H20O5. The smallest absolute Gasteiger partial charge is 0.333 e. The summed E-state index contributed by atoms with van der Waals surface area (Å²) < 4.78 is 14.8. The first-order valence-corrected chi connectivity index (χ1v) is 5.64. The van der Waals surface area contributed by atoms with Crippen molar-refractivity contribution < 1.29 is 23.8 Å². The molecule has 5 heteroatoms. The van der Waals surface area contributed by atoms with E-state index in [0.717, 1.165) is 5.57 Å². The summed E-state index contributed by atoms with van der Waals surface area (Å²) >= 11 is 0. The fraction of sp³-hybridized carbons (Fsp3) is 0.538.